The molecule has 20 aromatic rings. The second kappa shape index (κ2) is 40.0. The molecule has 0 saturated carbocycles. The molecular weight excluding hydrogens is 1650 g/mol. The van der Waals surface area contributed by atoms with Crippen LogP contribution in [0.3, 0.4) is 0 Å². The van der Waals surface area contributed by atoms with Gasteiger partial charge in [-0.25, -0.2) is 44.8 Å². The van der Waals surface area contributed by atoms with E-state index in [-0.39, 0.29) is 29.1 Å². The number of benzene rings is 15. The summed E-state index contributed by atoms with van der Waals surface area (Å²) in [6.45, 7) is 26.0. The number of aryl methyl sites for hydroxylation is 14. The van der Waals surface area contributed by atoms with E-state index in [4.69, 9.17) is 0 Å². The Morgan fingerprint density at radius 2 is 0.478 bits per heavy atom. The van der Waals surface area contributed by atoms with Crippen LogP contribution in [0.25, 0.3) is 166 Å². The van der Waals surface area contributed by atoms with E-state index >= 15 is 0 Å². The highest BCUT2D eigenvalue weighted by Crippen LogP contribution is 2.38. The molecule has 5 heterocycles. The zero-order valence-corrected chi connectivity index (χ0v) is 79.5. The standard InChI is InChI=1S/C28H29FN.C25H23FN.2C24H21FN.C23H19FN/c1-18(2)12-23-14-22-16-28(26-13-19(3)6-7-20(26)4)30(5)17-24(22)15-27(23)21-8-10-25(29)11-9-21;1-16-11-17(2)18(3)24(12-16)25-14-21-6-5-20(13-22(21)15-27(25)4)19-7-9-23(26)10-8-19;1-16-4-5-17(2)23(12-16)24-14-21-13-19(6-7-20(21)15-26(24)3)18-8-10-22(25)11-9-18;1-16-4-5-17(2)23(12-16)24-14-20-7-6-19(13-21(20)15-26(24)3)18-8-10-22(25)11-9-18;1-16-5-3-4-6-22(16)23-14-20-13-18(7-8-19(20)15-25(23)2)17-9-11-21(24)12-10-17/h6-11,13-18H,12H2,1-5H3;5-15H,1-4H3;2*4-15H,1-3H3;3-15H,1-2H3/q5*+1. The first-order valence-corrected chi connectivity index (χ1v) is 45.7. The number of halogens is 5. The Labute approximate surface area is 785 Å². The SMILES string of the molecule is Cc1cc(C)c(C)c(-c2cc3ccc(-c4ccc(F)cc4)cc3c[n+]2C)c1.Cc1ccc(C)c(-c2cc3cc(-c4ccc(F)cc4)ccc3c[n+]2C)c1.Cc1ccc(C)c(-c2cc3cc(CC(C)C)c(-c4ccc(F)cc4)cc3c[n+]2C)c1.Cc1ccc(C)c(-c2cc3ccc(-c4ccc(F)cc4)cc3c[n+]2C)c1.Cc1ccccc1-c1cc2cc(-c3ccc(F)cc3)ccc2c[n+]1C. The van der Waals surface area contributed by atoms with E-state index in [9.17, 15) is 22.0 Å². The summed E-state index contributed by atoms with van der Waals surface area (Å²) >= 11 is 0. The lowest BCUT2D eigenvalue weighted by atomic mass is 9.90. The molecule has 0 aliphatic heterocycles. The monoisotopic (exact) mass is 1770 g/mol. The fourth-order valence-electron chi connectivity index (χ4n) is 18.2. The highest BCUT2D eigenvalue weighted by Gasteiger charge is 2.23. The van der Waals surface area contributed by atoms with E-state index in [1.54, 1.807) is 12.1 Å². The zero-order chi connectivity index (χ0) is 94.4. The second-order valence-corrected chi connectivity index (χ2v) is 36.5. The van der Waals surface area contributed by atoms with E-state index in [2.05, 4.69) is 378 Å². The van der Waals surface area contributed by atoms with Gasteiger partial charge in [0.1, 0.15) is 64.3 Å². The van der Waals surface area contributed by atoms with Crippen molar-refractivity contribution >= 4 is 53.9 Å². The maximum Gasteiger partial charge on any atom is 0.213 e. The Bertz CT molecular complexity index is 7810. The molecule has 10 heteroatoms. The Kier molecular flexibility index (Phi) is 27.5. The quantitative estimate of drug-likeness (QED) is 0.0858. The minimum atomic E-state index is -0.210. The number of rotatable bonds is 12. The molecule has 0 spiro atoms. The van der Waals surface area contributed by atoms with Crippen LogP contribution in [-0.2, 0) is 41.7 Å². The summed E-state index contributed by atoms with van der Waals surface area (Å²) in [6, 6.07) is 108. The average molecular weight is 1770 g/mol. The van der Waals surface area contributed by atoms with Gasteiger partial charge in [0.2, 0.25) is 28.5 Å². The van der Waals surface area contributed by atoms with Crippen LogP contribution in [0, 0.1) is 104 Å². The minimum absolute atomic E-state index is 0.200. The largest absolute Gasteiger partial charge is 0.213 e. The Morgan fingerprint density at radius 1 is 0.201 bits per heavy atom. The summed E-state index contributed by atoms with van der Waals surface area (Å²) in [4.78, 5) is 0. The fraction of sp³-hybridized carbons (Fsp3) is 0.153. The van der Waals surface area contributed by atoms with Crippen LogP contribution < -0.4 is 22.8 Å². The fourth-order valence-corrected chi connectivity index (χ4v) is 18.2. The topological polar surface area (TPSA) is 19.4 Å². The third kappa shape index (κ3) is 21.1. The second-order valence-electron chi connectivity index (χ2n) is 36.5. The molecule has 5 nitrogen and oxygen atoms in total. The number of hydrogen-bond donors (Lipinski definition) is 0. The van der Waals surface area contributed by atoms with Gasteiger partial charge in [0.25, 0.3) is 0 Å². The number of aromatic nitrogens is 5. The van der Waals surface area contributed by atoms with Gasteiger partial charge in [-0.1, -0.05) is 200 Å². The van der Waals surface area contributed by atoms with Gasteiger partial charge < -0.3 is 0 Å². The predicted molar refractivity (Wildman–Crippen MR) is 546 cm³/mol. The van der Waals surface area contributed by atoms with Crippen LogP contribution in [0.2, 0.25) is 0 Å². The molecule has 664 valence electrons. The van der Waals surface area contributed by atoms with Gasteiger partial charge in [-0.2, -0.15) is 0 Å². The van der Waals surface area contributed by atoms with Crippen molar-refractivity contribution in [3.05, 3.63) is 449 Å². The molecule has 0 unspecified atom stereocenters. The van der Waals surface area contributed by atoms with Crippen LogP contribution in [0.15, 0.2) is 359 Å². The first-order valence-electron chi connectivity index (χ1n) is 45.7. The van der Waals surface area contributed by atoms with E-state index in [1.807, 2.05) is 60.7 Å². The molecule has 20 rings (SSSR count). The molecule has 0 aliphatic rings. The van der Waals surface area contributed by atoms with Gasteiger partial charge in [0.05, 0.1) is 0 Å². The highest BCUT2D eigenvalue weighted by molar-refractivity contribution is 5.94. The van der Waals surface area contributed by atoms with Crippen LogP contribution >= 0.6 is 0 Å². The number of hydrogen-bond acceptors (Lipinski definition) is 0. The summed E-state index contributed by atoms with van der Waals surface area (Å²) in [6.07, 6.45) is 11.9. The predicted octanol–water partition coefficient (Wildman–Crippen LogP) is 30.0. The Hall–Kier alpha value is -15.0. The van der Waals surface area contributed by atoms with Gasteiger partial charge >= 0.3 is 0 Å². The molecule has 0 bridgehead atoms. The molecule has 5 aromatic heterocycles. The van der Waals surface area contributed by atoms with E-state index in [0.29, 0.717) is 5.92 Å². The number of fused-ring (bicyclic) bond motifs is 5. The maximum absolute atomic E-state index is 13.5. The molecule has 134 heavy (non-hydrogen) atoms. The van der Waals surface area contributed by atoms with E-state index < -0.39 is 0 Å². The summed E-state index contributed by atoms with van der Waals surface area (Å²) < 4.78 is 77.2. The van der Waals surface area contributed by atoms with Crippen molar-refractivity contribution in [2.45, 2.75) is 89.5 Å². The summed E-state index contributed by atoms with van der Waals surface area (Å²) in [7, 11) is 10.5. The van der Waals surface area contributed by atoms with Gasteiger partial charge in [0.15, 0.2) is 31.0 Å². The van der Waals surface area contributed by atoms with Crippen molar-refractivity contribution in [2.75, 3.05) is 0 Å². The molecule has 0 radical (unpaired) electrons. The normalized spacial score (nSPS) is 11.2. The number of pyridine rings is 5. The van der Waals surface area contributed by atoms with Crippen molar-refractivity contribution in [1.29, 1.82) is 0 Å². The third-order valence-corrected chi connectivity index (χ3v) is 25.7. The van der Waals surface area contributed by atoms with Crippen LogP contribution in [0.1, 0.15) is 75.0 Å². The minimum Gasteiger partial charge on any atom is -0.207 e. The Morgan fingerprint density at radius 3 is 0.836 bits per heavy atom. The summed E-state index contributed by atoms with van der Waals surface area (Å²) in [5.41, 5.74) is 37.1. The van der Waals surface area contributed by atoms with Crippen LogP contribution in [-0.4, -0.2) is 0 Å². The lowest BCUT2D eigenvalue weighted by Gasteiger charge is -2.14. The van der Waals surface area contributed by atoms with E-state index in [1.165, 1.54) is 225 Å². The van der Waals surface area contributed by atoms with Gasteiger partial charge in [0, 0.05) is 85.1 Å². The van der Waals surface area contributed by atoms with Gasteiger partial charge in [-0.05, 0) is 337 Å². The molecular formula is C124H113F5N5+5. The highest BCUT2D eigenvalue weighted by atomic mass is 19.1. The molecule has 0 saturated heterocycles. The van der Waals surface area contributed by atoms with Crippen molar-refractivity contribution in [3.63, 3.8) is 0 Å². The summed E-state index contributed by atoms with van der Waals surface area (Å²) in [5.74, 6) is -0.495. The van der Waals surface area contributed by atoms with Crippen LogP contribution in [0.5, 0.6) is 0 Å². The molecule has 0 atom stereocenters. The van der Waals surface area contributed by atoms with Crippen molar-refractivity contribution in [1.82, 2.24) is 0 Å². The van der Waals surface area contributed by atoms with Gasteiger partial charge in [-0.15, -0.1) is 0 Å². The van der Waals surface area contributed by atoms with Gasteiger partial charge in [-0.3, -0.25) is 0 Å². The first-order chi connectivity index (χ1) is 64.4. The molecule has 0 N–H and O–H groups in total. The number of nitrogens with zero attached hydrogens (tertiary/aromatic N) is 5. The molecule has 0 fully saturated rings. The lowest BCUT2D eigenvalue weighted by Crippen LogP contribution is -2.30. The molecule has 15 aromatic carbocycles. The molecule has 0 amide bonds. The van der Waals surface area contributed by atoms with Crippen LogP contribution in [0.4, 0.5) is 22.0 Å². The van der Waals surface area contributed by atoms with E-state index in [0.717, 1.165) is 56.5 Å². The van der Waals surface area contributed by atoms with Crippen molar-refractivity contribution in [3.8, 4) is 112 Å². The Balaban J connectivity index is 0.000000122. The maximum atomic E-state index is 13.5. The lowest BCUT2D eigenvalue weighted by molar-refractivity contribution is -0.659. The van der Waals surface area contributed by atoms with Crippen molar-refractivity contribution < 1.29 is 44.8 Å². The zero-order valence-electron chi connectivity index (χ0n) is 79.5. The third-order valence-electron chi connectivity index (χ3n) is 25.7. The first kappa shape index (κ1) is 92.3. The smallest absolute Gasteiger partial charge is 0.207 e. The average Bonchev–Trinajstić information content (AvgIpc) is 0.784. The van der Waals surface area contributed by atoms with Crippen molar-refractivity contribution in [2.24, 2.45) is 41.2 Å². The molecule has 0 aliphatic carbocycles. The summed E-state index contributed by atoms with van der Waals surface area (Å²) in [5, 5.41) is 11.9.